The fourth-order valence-electron chi connectivity index (χ4n) is 1.58. The molecule has 0 radical (unpaired) electrons. The normalized spacial score (nSPS) is 11.7. The molecule has 20 heavy (non-hydrogen) atoms. The van der Waals surface area contributed by atoms with E-state index in [4.69, 9.17) is 5.11 Å². The summed E-state index contributed by atoms with van der Waals surface area (Å²) in [6, 6.07) is 2.88. The Kier molecular flexibility index (Phi) is 5.86. The van der Waals surface area contributed by atoms with Crippen LogP contribution in [0.1, 0.15) is 30.1 Å². The molecular weight excluding hydrogens is 379 g/mol. The molecule has 1 rings (SSSR count). The van der Waals surface area contributed by atoms with E-state index in [9.17, 15) is 19.7 Å². The number of carboxylic acid groups (broad SMARTS) is 1. The number of amides is 1. The number of carbonyl (C=O) groups is 2. The average Bonchev–Trinajstić information content (AvgIpc) is 2.38. The minimum atomic E-state index is -1.12. The molecule has 1 atom stereocenters. The van der Waals surface area contributed by atoms with Gasteiger partial charge in [-0.1, -0.05) is 13.3 Å². The van der Waals surface area contributed by atoms with Gasteiger partial charge in [0, 0.05) is 15.7 Å². The van der Waals surface area contributed by atoms with Gasteiger partial charge in [0.25, 0.3) is 11.6 Å². The summed E-state index contributed by atoms with van der Waals surface area (Å²) in [6.45, 7) is 1.80. The molecule has 0 aromatic heterocycles. The van der Waals surface area contributed by atoms with Crippen LogP contribution in [0.5, 0.6) is 0 Å². The van der Waals surface area contributed by atoms with Crippen LogP contribution >= 0.6 is 22.6 Å². The number of halogens is 1. The van der Waals surface area contributed by atoms with Gasteiger partial charge in [0.1, 0.15) is 6.04 Å². The minimum Gasteiger partial charge on any atom is -0.480 e. The van der Waals surface area contributed by atoms with Crippen molar-refractivity contribution >= 4 is 40.2 Å². The molecule has 0 saturated heterocycles. The number of benzene rings is 1. The van der Waals surface area contributed by atoms with Crippen LogP contribution in [0.3, 0.4) is 0 Å². The molecule has 0 fully saturated rings. The molecule has 8 heteroatoms. The van der Waals surface area contributed by atoms with Gasteiger partial charge in [-0.05, 0) is 35.1 Å². The molecule has 1 aromatic rings. The molecule has 0 bridgehead atoms. The molecule has 1 amide bonds. The quantitative estimate of drug-likeness (QED) is 0.438. The third kappa shape index (κ3) is 4.15. The van der Waals surface area contributed by atoms with Gasteiger partial charge < -0.3 is 10.4 Å². The molecule has 0 aliphatic carbocycles. The van der Waals surface area contributed by atoms with Crippen LogP contribution in [0.2, 0.25) is 0 Å². The van der Waals surface area contributed by atoms with Crippen molar-refractivity contribution in [2.75, 3.05) is 0 Å². The predicted octanol–water partition coefficient (Wildman–Crippen LogP) is 2.18. The van der Waals surface area contributed by atoms with Gasteiger partial charge in [-0.3, -0.25) is 14.9 Å². The van der Waals surface area contributed by atoms with E-state index in [1.54, 1.807) is 6.92 Å². The molecule has 108 valence electrons. The van der Waals surface area contributed by atoms with Crippen molar-refractivity contribution in [3.8, 4) is 0 Å². The Morgan fingerprint density at radius 1 is 1.50 bits per heavy atom. The number of aliphatic carboxylic acids is 1. The van der Waals surface area contributed by atoms with Crippen molar-refractivity contribution in [2.45, 2.75) is 25.8 Å². The Balaban J connectivity index is 2.99. The maximum absolute atomic E-state index is 12.0. The molecule has 0 heterocycles. The van der Waals surface area contributed by atoms with Crippen molar-refractivity contribution in [3.63, 3.8) is 0 Å². The lowest BCUT2D eigenvalue weighted by Crippen LogP contribution is -2.40. The van der Waals surface area contributed by atoms with Crippen LogP contribution in [0.15, 0.2) is 18.2 Å². The van der Waals surface area contributed by atoms with Crippen LogP contribution in [-0.2, 0) is 4.79 Å². The third-order valence-electron chi connectivity index (χ3n) is 2.59. The summed E-state index contributed by atoms with van der Waals surface area (Å²) in [5, 5.41) is 22.1. The first-order valence-electron chi connectivity index (χ1n) is 5.84. The first-order valence-corrected chi connectivity index (χ1v) is 6.92. The smallest absolute Gasteiger partial charge is 0.326 e. The van der Waals surface area contributed by atoms with E-state index in [2.05, 4.69) is 5.32 Å². The average molecular weight is 392 g/mol. The monoisotopic (exact) mass is 392 g/mol. The summed E-state index contributed by atoms with van der Waals surface area (Å²) in [6.07, 6.45) is 0.899. The Labute approximate surface area is 128 Å². The second-order valence-corrected chi connectivity index (χ2v) is 5.24. The number of nitro benzene ring substituents is 1. The number of non-ortho nitro benzene ring substituents is 1. The van der Waals surface area contributed by atoms with Gasteiger partial charge in [0.05, 0.1) is 10.5 Å². The van der Waals surface area contributed by atoms with Crippen LogP contribution in [0.4, 0.5) is 5.69 Å². The van der Waals surface area contributed by atoms with E-state index < -0.39 is 22.8 Å². The van der Waals surface area contributed by atoms with Crippen molar-refractivity contribution in [3.05, 3.63) is 37.4 Å². The highest BCUT2D eigenvalue weighted by Crippen LogP contribution is 2.19. The highest BCUT2D eigenvalue weighted by atomic mass is 127. The first kappa shape index (κ1) is 16.3. The van der Waals surface area contributed by atoms with Crippen LogP contribution in [0.25, 0.3) is 0 Å². The zero-order valence-corrected chi connectivity index (χ0v) is 12.8. The Morgan fingerprint density at radius 2 is 2.15 bits per heavy atom. The van der Waals surface area contributed by atoms with E-state index in [0.717, 1.165) is 6.07 Å². The standard InChI is InChI=1S/C12H13IN2O5/c1-2-3-10(12(17)18)14-11(16)8-6-7(15(19)20)4-5-9(8)13/h4-6,10H,2-3H2,1H3,(H,14,16)(H,17,18)/t10-/m0/s1. The van der Waals surface area contributed by atoms with Crippen LogP contribution in [0, 0.1) is 13.7 Å². The largest absolute Gasteiger partial charge is 0.480 e. The van der Waals surface area contributed by atoms with E-state index in [0.29, 0.717) is 16.4 Å². The second kappa shape index (κ2) is 7.17. The Bertz CT molecular complexity index is 547. The molecule has 0 saturated carbocycles. The van der Waals surface area contributed by atoms with E-state index >= 15 is 0 Å². The van der Waals surface area contributed by atoms with E-state index in [-0.39, 0.29) is 11.3 Å². The zero-order chi connectivity index (χ0) is 15.3. The summed E-state index contributed by atoms with van der Waals surface area (Å²) in [4.78, 5) is 33.1. The van der Waals surface area contributed by atoms with Crippen molar-refractivity contribution in [1.82, 2.24) is 5.32 Å². The van der Waals surface area contributed by atoms with E-state index in [1.807, 2.05) is 22.6 Å². The van der Waals surface area contributed by atoms with Crippen LogP contribution < -0.4 is 5.32 Å². The summed E-state index contributed by atoms with van der Waals surface area (Å²) >= 11 is 1.87. The number of rotatable bonds is 6. The summed E-state index contributed by atoms with van der Waals surface area (Å²) < 4.78 is 0.520. The zero-order valence-electron chi connectivity index (χ0n) is 10.6. The number of nitro groups is 1. The maximum atomic E-state index is 12.0. The molecule has 0 spiro atoms. The minimum absolute atomic E-state index is 0.0992. The second-order valence-electron chi connectivity index (χ2n) is 4.07. The maximum Gasteiger partial charge on any atom is 0.326 e. The number of nitrogens with one attached hydrogen (secondary N) is 1. The topological polar surface area (TPSA) is 110 Å². The molecule has 2 N–H and O–H groups in total. The number of nitrogens with zero attached hydrogens (tertiary/aromatic N) is 1. The highest BCUT2D eigenvalue weighted by molar-refractivity contribution is 14.1. The van der Waals surface area contributed by atoms with Crippen molar-refractivity contribution < 1.29 is 19.6 Å². The lowest BCUT2D eigenvalue weighted by atomic mass is 10.1. The molecule has 7 nitrogen and oxygen atoms in total. The number of carboxylic acids is 1. The van der Waals surface area contributed by atoms with Gasteiger partial charge in [0.2, 0.25) is 0 Å². The molecule has 1 aromatic carbocycles. The molecule has 0 aliphatic heterocycles. The Hall–Kier alpha value is -1.71. The highest BCUT2D eigenvalue weighted by Gasteiger charge is 2.22. The molecule has 0 aliphatic rings. The van der Waals surface area contributed by atoms with Gasteiger partial charge in [-0.15, -0.1) is 0 Å². The molecular formula is C12H13IN2O5. The fraction of sp³-hybridized carbons (Fsp3) is 0.333. The lowest BCUT2D eigenvalue weighted by Gasteiger charge is -2.14. The van der Waals surface area contributed by atoms with Crippen molar-refractivity contribution in [2.24, 2.45) is 0 Å². The van der Waals surface area contributed by atoms with Crippen molar-refractivity contribution in [1.29, 1.82) is 0 Å². The fourth-order valence-corrected chi connectivity index (χ4v) is 2.16. The Morgan fingerprint density at radius 3 is 2.65 bits per heavy atom. The summed E-state index contributed by atoms with van der Waals surface area (Å²) in [7, 11) is 0. The van der Waals surface area contributed by atoms with Gasteiger partial charge >= 0.3 is 5.97 Å². The van der Waals surface area contributed by atoms with Gasteiger partial charge in [-0.25, -0.2) is 4.79 Å². The summed E-state index contributed by atoms with van der Waals surface area (Å²) in [5.41, 5.74) is -0.111. The lowest BCUT2D eigenvalue weighted by molar-refractivity contribution is -0.384. The number of carbonyl (C=O) groups excluding carboxylic acids is 1. The first-order chi connectivity index (χ1) is 9.36. The van der Waals surface area contributed by atoms with Gasteiger partial charge in [0.15, 0.2) is 0 Å². The predicted molar refractivity (Wildman–Crippen MR) is 79.6 cm³/mol. The SMILES string of the molecule is CCC[C@H](NC(=O)c1cc([N+](=O)[O-])ccc1I)C(=O)O. The van der Waals surface area contributed by atoms with Crippen LogP contribution in [-0.4, -0.2) is 27.9 Å². The number of hydrogen-bond donors (Lipinski definition) is 2. The van der Waals surface area contributed by atoms with E-state index in [1.165, 1.54) is 12.1 Å². The molecule has 0 unspecified atom stereocenters. The number of hydrogen-bond acceptors (Lipinski definition) is 4. The van der Waals surface area contributed by atoms with Gasteiger partial charge in [-0.2, -0.15) is 0 Å². The third-order valence-corrected chi connectivity index (χ3v) is 3.53. The summed E-state index contributed by atoms with van der Waals surface area (Å²) in [5.74, 6) is -1.75.